The maximum absolute atomic E-state index is 4.28. The van der Waals surface area contributed by atoms with Gasteiger partial charge >= 0.3 is 0 Å². The Morgan fingerprint density at radius 2 is 2.42 bits per heavy atom. The number of nitrogens with zero attached hydrogens (tertiary/aromatic N) is 2. The third-order valence-corrected chi connectivity index (χ3v) is 2.12. The molecule has 2 aromatic rings. The van der Waals surface area contributed by atoms with E-state index in [4.69, 9.17) is 0 Å². The van der Waals surface area contributed by atoms with E-state index in [9.17, 15) is 0 Å². The van der Waals surface area contributed by atoms with Crippen molar-refractivity contribution in [3.8, 4) is 0 Å². The van der Waals surface area contributed by atoms with Crippen molar-refractivity contribution in [2.24, 2.45) is 0 Å². The minimum absolute atomic E-state index is 0.787. The van der Waals surface area contributed by atoms with Gasteiger partial charge in [-0.3, -0.25) is 0 Å². The Labute approximate surface area is 78.4 Å². The lowest BCUT2D eigenvalue weighted by Crippen LogP contribution is -1.79. The normalized spacial score (nSPS) is 10.8. The number of hydrogen-bond acceptors (Lipinski definition) is 2. The van der Waals surface area contributed by atoms with E-state index in [1.807, 2.05) is 6.07 Å². The minimum atomic E-state index is 0.787. The second-order valence-electron chi connectivity index (χ2n) is 2.56. The fourth-order valence-electron chi connectivity index (χ4n) is 1.09. The van der Waals surface area contributed by atoms with Crippen molar-refractivity contribution in [1.29, 1.82) is 0 Å². The van der Waals surface area contributed by atoms with Gasteiger partial charge in [-0.05, 0) is 22.0 Å². The van der Waals surface area contributed by atoms with Crippen LogP contribution in [0.4, 0.5) is 0 Å². The third-order valence-electron chi connectivity index (χ3n) is 1.69. The van der Waals surface area contributed by atoms with E-state index in [0.717, 1.165) is 27.9 Å². The first-order chi connectivity index (χ1) is 5.79. The summed E-state index contributed by atoms with van der Waals surface area (Å²) in [6.45, 7) is 2.06. The summed E-state index contributed by atoms with van der Waals surface area (Å²) in [7, 11) is 0. The van der Waals surface area contributed by atoms with Crippen molar-refractivity contribution in [1.82, 2.24) is 15.0 Å². The van der Waals surface area contributed by atoms with Crippen molar-refractivity contribution < 1.29 is 0 Å². The van der Waals surface area contributed by atoms with Crippen LogP contribution in [0.25, 0.3) is 11.2 Å². The number of rotatable bonds is 1. The van der Waals surface area contributed by atoms with Gasteiger partial charge in [-0.2, -0.15) is 0 Å². The van der Waals surface area contributed by atoms with Crippen LogP contribution in [0.3, 0.4) is 0 Å². The van der Waals surface area contributed by atoms with Crippen molar-refractivity contribution in [2.45, 2.75) is 13.3 Å². The van der Waals surface area contributed by atoms with Gasteiger partial charge in [0.15, 0.2) is 5.65 Å². The molecular formula is C8H8BrN3. The zero-order valence-electron chi connectivity index (χ0n) is 6.63. The summed E-state index contributed by atoms with van der Waals surface area (Å²) in [5, 5.41) is 0. The fourth-order valence-corrected chi connectivity index (χ4v) is 1.42. The van der Waals surface area contributed by atoms with Gasteiger partial charge in [0, 0.05) is 17.1 Å². The van der Waals surface area contributed by atoms with E-state index >= 15 is 0 Å². The van der Waals surface area contributed by atoms with Gasteiger partial charge in [0.25, 0.3) is 0 Å². The summed E-state index contributed by atoms with van der Waals surface area (Å²) < 4.78 is 0.973. The third kappa shape index (κ3) is 1.22. The monoisotopic (exact) mass is 225 g/mol. The second-order valence-corrected chi connectivity index (χ2v) is 3.48. The molecule has 0 spiro atoms. The molecule has 0 saturated heterocycles. The topological polar surface area (TPSA) is 41.6 Å². The summed E-state index contributed by atoms with van der Waals surface area (Å²) in [5.41, 5.74) is 1.77. The summed E-state index contributed by atoms with van der Waals surface area (Å²) in [5.74, 6) is 0.982. The Hall–Kier alpha value is -0.900. The molecule has 0 fully saturated rings. The molecule has 0 radical (unpaired) electrons. The number of nitrogens with one attached hydrogen (secondary N) is 1. The van der Waals surface area contributed by atoms with Crippen LogP contribution in [0, 0.1) is 0 Å². The number of aromatic nitrogens is 3. The molecule has 1 N–H and O–H groups in total. The first-order valence-electron chi connectivity index (χ1n) is 3.79. The van der Waals surface area contributed by atoms with E-state index in [1.54, 1.807) is 6.20 Å². The van der Waals surface area contributed by atoms with E-state index in [2.05, 4.69) is 37.8 Å². The molecule has 2 aromatic heterocycles. The Morgan fingerprint density at radius 1 is 1.58 bits per heavy atom. The fraction of sp³-hybridized carbons (Fsp3) is 0.250. The van der Waals surface area contributed by atoms with Gasteiger partial charge in [-0.25, -0.2) is 9.97 Å². The van der Waals surface area contributed by atoms with E-state index in [0.29, 0.717) is 0 Å². The average Bonchev–Trinajstić information content (AvgIpc) is 2.46. The number of pyridine rings is 1. The molecule has 3 nitrogen and oxygen atoms in total. The predicted molar refractivity (Wildman–Crippen MR) is 51.0 cm³/mol. The summed E-state index contributed by atoms with van der Waals surface area (Å²) in [6.07, 6.45) is 2.66. The van der Waals surface area contributed by atoms with Crippen LogP contribution in [-0.2, 0) is 6.42 Å². The van der Waals surface area contributed by atoms with Crippen molar-refractivity contribution in [2.75, 3.05) is 0 Å². The van der Waals surface area contributed by atoms with Crippen LogP contribution in [-0.4, -0.2) is 15.0 Å². The molecule has 0 aliphatic rings. The number of fused-ring (bicyclic) bond motifs is 1. The summed E-state index contributed by atoms with van der Waals surface area (Å²) >= 11 is 3.35. The molecule has 0 unspecified atom stereocenters. The number of imidazole rings is 1. The van der Waals surface area contributed by atoms with Gasteiger partial charge < -0.3 is 4.98 Å². The predicted octanol–water partition coefficient (Wildman–Crippen LogP) is 2.28. The highest BCUT2D eigenvalue weighted by atomic mass is 79.9. The van der Waals surface area contributed by atoms with Crippen molar-refractivity contribution in [3.63, 3.8) is 0 Å². The maximum Gasteiger partial charge on any atom is 0.177 e. The molecule has 0 atom stereocenters. The molecule has 0 saturated carbocycles. The van der Waals surface area contributed by atoms with E-state index < -0.39 is 0 Å². The molecular weight excluding hydrogens is 218 g/mol. The summed E-state index contributed by atoms with van der Waals surface area (Å²) in [6, 6.07) is 1.98. The number of H-pyrrole nitrogens is 1. The molecule has 2 rings (SSSR count). The summed E-state index contributed by atoms with van der Waals surface area (Å²) in [4.78, 5) is 11.6. The Balaban J connectivity index is 2.67. The van der Waals surface area contributed by atoms with Crippen LogP contribution >= 0.6 is 15.9 Å². The second kappa shape index (κ2) is 2.86. The minimum Gasteiger partial charge on any atom is -0.341 e. The highest BCUT2D eigenvalue weighted by Crippen LogP contribution is 2.14. The quantitative estimate of drug-likeness (QED) is 0.810. The van der Waals surface area contributed by atoms with Gasteiger partial charge in [0.05, 0.1) is 5.52 Å². The van der Waals surface area contributed by atoms with Crippen molar-refractivity contribution >= 4 is 27.1 Å². The first-order valence-corrected chi connectivity index (χ1v) is 4.59. The van der Waals surface area contributed by atoms with Gasteiger partial charge in [0.2, 0.25) is 0 Å². The molecule has 0 aromatic carbocycles. The Morgan fingerprint density at radius 3 is 3.17 bits per heavy atom. The highest BCUT2D eigenvalue weighted by Gasteiger charge is 2.01. The standard InChI is InChI=1S/C8H8BrN3/c1-2-7-11-6-3-5(9)4-10-8(6)12-7/h3-4H,2H2,1H3,(H,10,11,12). The average molecular weight is 226 g/mol. The van der Waals surface area contributed by atoms with Crippen LogP contribution in [0.1, 0.15) is 12.7 Å². The molecule has 12 heavy (non-hydrogen) atoms. The van der Waals surface area contributed by atoms with Gasteiger partial charge in [0.1, 0.15) is 5.82 Å². The smallest absolute Gasteiger partial charge is 0.177 e. The molecule has 0 bridgehead atoms. The number of hydrogen-bond donors (Lipinski definition) is 1. The zero-order valence-corrected chi connectivity index (χ0v) is 8.22. The highest BCUT2D eigenvalue weighted by molar-refractivity contribution is 9.10. The first kappa shape index (κ1) is 7.73. The number of aromatic amines is 1. The van der Waals surface area contributed by atoms with Crippen LogP contribution in [0.2, 0.25) is 0 Å². The lowest BCUT2D eigenvalue weighted by molar-refractivity contribution is 0.997. The van der Waals surface area contributed by atoms with Crippen LogP contribution in [0.15, 0.2) is 16.7 Å². The molecule has 0 aliphatic carbocycles. The van der Waals surface area contributed by atoms with E-state index in [-0.39, 0.29) is 0 Å². The largest absolute Gasteiger partial charge is 0.341 e. The lowest BCUT2D eigenvalue weighted by atomic mass is 10.4. The number of halogens is 1. The Bertz CT molecular complexity index is 408. The van der Waals surface area contributed by atoms with E-state index in [1.165, 1.54) is 0 Å². The molecule has 62 valence electrons. The van der Waals surface area contributed by atoms with Gasteiger partial charge in [-0.1, -0.05) is 6.92 Å². The van der Waals surface area contributed by atoms with Gasteiger partial charge in [-0.15, -0.1) is 0 Å². The van der Waals surface area contributed by atoms with Crippen molar-refractivity contribution in [3.05, 3.63) is 22.6 Å². The lowest BCUT2D eigenvalue weighted by Gasteiger charge is -1.86. The number of aryl methyl sites for hydroxylation is 1. The molecule has 4 heteroatoms. The maximum atomic E-state index is 4.28. The van der Waals surface area contributed by atoms with Crippen LogP contribution < -0.4 is 0 Å². The molecule has 0 amide bonds. The van der Waals surface area contributed by atoms with Crippen LogP contribution in [0.5, 0.6) is 0 Å². The Kier molecular flexibility index (Phi) is 1.84. The zero-order chi connectivity index (χ0) is 8.55. The molecule has 0 aliphatic heterocycles. The molecule has 2 heterocycles. The SMILES string of the molecule is CCc1nc2ncc(Br)cc2[nH]1.